The molecule has 0 amide bonds. The number of H-pyrrole nitrogens is 1. The fraction of sp³-hybridized carbons (Fsp3) is 0.533. The summed E-state index contributed by atoms with van der Waals surface area (Å²) in [6, 6.07) is 5.72. The molecule has 2 N–H and O–H groups in total. The summed E-state index contributed by atoms with van der Waals surface area (Å²) in [4.78, 5) is 0. The Morgan fingerprint density at radius 1 is 1.32 bits per heavy atom. The Balaban J connectivity index is 2.08. The molecule has 1 aromatic heterocycles. The highest BCUT2D eigenvalue weighted by Crippen LogP contribution is 2.20. The molecule has 1 heterocycles. The van der Waals surface area contributed by atoms with Gasteiger partial charge in [-0.1, -0.05) is 26.0 Å². The number of nitrogens with zero attached hydrogens (tertiary/aromatic N) is 1. The van der Waals surface area contributed by atoms with Crippen LogP contribution in [0.1, 0.15) is 39.2 Å². The number of fused-ring (bicyclic) bond motifs is 1. The van der Waals surface area contributed by atoms with Crippen LogP contribution in [-0.2, 0) is 6.42 Å². The van der Waals surface area contributed by atoms with Gasteiger partial charge in [0.25, 0.3) is 0 Å². The van der Waals surface area contributed by atoms with Crippen molar-refractivity contribution >= 4 is 10.9 Å². The number of hydrogen-bond donors (Lipinski definition) is 2. The monoisotopic (exact) mass is 263 g/mol. The van der Waals surface area contributed by atoms with Gasteiger partial charge in [-0.3, -0.25) is 5.10 Å². The molecular formula is C15H22FN3. The quantitative estimate of drug-likeness (QED) is 0.838. The number of aromatic amines is 1. The van der Waals surface area contributed by atoms with E-state index in [1.165, 1.54) is 0 Å². The van der Waals surface area contributed by atoms with Gasteiger partial charge < -0.3 is 5.32 Å². The summed E-state index contributed by atoms with van der Waals surface area (Å²) >= 11 is 0. The molecule has 0 radical (unpaired) electrons. The van der Waals surface area contributed by atoms with Crippen LogP contribution in [-0.4, -0.2) is 22.3 Å². The number of benzene rings is 1. The highest BCUT2D eigenvalue weighted by atomic mass is 19.1. The van der Waals surface area contributed by atoms with Crippen molar-refractivity contribution in [2.45, 2.75) is 45.6 Å². The lowest BCUT2D eigenvalue weighted by Crippen LogP contribution is -2.42. The predicted molar refractivity (Wildman–Crippen MR) is 76.7 cm³/mol. The van der Waals surface area contributed by atoms with Crippen molar-refractivity contribution in [1.82, 2.24) is 15.5 Å². The van der Waals surface area contributed by atoms with Gasteiger partial charge in [0.15, 0.2) is 0 Å². The topological polar surface area (TPSA) is 40.7 Å². The van der Waals surface area contributed by atoms with Crippen molar-refractivity contribution in [2.75, 3.05) is 6.54 Å². The van der Waals surface area contributed by atoms with Crippen molar-refractivity contribution in [3.63, 3.8) is 0 Å². The molecule has 1 aromatic carbocycles. The van der Waals surface area contributed by atoms with Crippen LogP contribution in [0.4, 0.5) is 4.39 Å². The van der Waals surface area contributed by atoms with E-state index in [0.717, 1.165) is 31.4 Å². The third-order valence-corrected chi connectivity index (χ3v) is 4.13. The zero-order chi connectivity index (χ0) is 13.9. The van der Waals surface area contributed by atoms with Crippen molar-refractivity contribution < 1.29 is 4.39 Å². The van der Waals surface area contributed by atoms with E-state index in [-0.39, 0.29) is 11.5 Å². The Hall–Kier alpha value is -1.42. The Morgan fingerprint density at radius 3 is 2.74 bits per heavy atom. The van der Waals surface area contributed by atoms with Crippen LogP contribution in [0.25, 0.3) is 10.9 Å². The molecule has 0 saturated carbocycles. The molecule has 19 heavy (non-hydrogen) atoms. The molecule has 2 aromatic rings. The predicted octanol–water partition coefficient (Wildman–Crippen LogP) is 3.41. The lowest BCUT2D eigenvalue weighted by molar-refractivity contribution is 0.334. The van der Waals surface area contributed by atoms with Crippen LogP contribution in [0.5, 0.6) is 0 Å². The number of aromatic nitrogens is 2. The van der Waals surface area contributed by atoms with Crippen LogP contribution in [0.3, 0.4) is 0 Å². The normalized spacial score (nSPS) is 12.2. The maximum atomic E-state index is 13.7. The SMILES string of the molecule is CCC(C)(CC)NCCc1cccc2n[nH]c(F)c12. The highest BCUT2D eigenvalue weighted by Gasteiger charge is 2.18. The third kappa shape index (κ3) is 2.95. The maximum Gasteiger partial charge on any atom is 0.217 e. The lowest BCUT2D eigenvalue weighted by Gasteiger charge is -2.28. The Bertz CT molecular complexity index is 543. The zero-order valence-corrected chi connectivity index (χ0v) is 11.9. The van der Waals surface area contributed by atoms with E-state index in [4.69, 9.17) is 0 Å². The van der Waals surface area contributed by atoms with E-state index >= 15 is 0 Å². The van der Waals surface area contributed by atoms with Gasteiger partial charge in [0.1, 0.15) is 0 Å². The van der Waals surface area contributed by atoms with Crippen LogP contribution < -0.4 is 5.32 Å². The summed E-state index contributed by atoms with van der Waals surface area (Å²) in [6.07, 6.45) is 2.99. The first-order valence-corrected chi connectivity index (χ1v) is 6.96. The zero-order valence-electron chi connectivity index (χ0n) is 11.9. The molecule has 0 spiro atoms. The van der Waals surface area contributed by atoms with Gasteiger partial charge >= 0.3 is 0 Å². The summed E-state index contributed by atoms with van der Waals surface area (Å²) < 4.78 is 13.7. The first kappa shape index (κ1) is 14.0. The van der Waals surface area contributed by atoms with Crippen LogP contribution in [0, 0.1) is 5.95 Å². The molecule has 0 fully saturated rings. The molecule has 0 bridgehead atoms. The van der Waals surface area contributed by atoms with E-state index in [0.29, 0.717) is 10.9 Å². The molecule has 2 rings (SSSR count). The van der Waals surface area contributed by atoms with Gasteiger partial charge in [-0.25, -0.2) is 0 Å². The molecule has 0 saturated heterocycles. The van der Waals surface area contributed by atoms with Crippen LogP contribution in [0.15, 0.2) is 18.2 Å². The van der Waals surface area contributed by atoms with E-state index in [1.807, 2.05) is 18.2 Å². The molecule has 0 aliphatic heterocycles. The molecule has 4 heteroatoms. The molecule has 0 aliphatic carbocycles. The lowest BCUT2D eigenvalue weighted by atomic mass is 9.95. The summed E-state index contributed by atoms with van der Waals surface area (Å²) in [7, 11) is 0. The Labute approximate surface area is 113 Å². The van der Waals surface area contributed by atoms with E-state index < -0.39 is 0 Å². The number of rotatable bonds is 6. The van der Waals surface area contributed by atoms with Gasteiger partial charge in [0, 0.05) is 5.54 Å². The minimum Gasteiger partial charge on any atom is -0.311 e. The molecular weight excluding hydrogens is 241 g/mol. The second kappa shape index (κ2) is 5.70. The van der Waals surface area contributed by atoms with Crippen molar-refractivity contribution in [1.29, 1.82) is 0 Å². The number of hydrogen-bond acceptors (Lipinski definition) is 2. The van der Waals surface area contributed by atoms with Gasteiger partial charge in [0.2, 0.25) is 5.95 Å². The van der Waals surface area contributed by atoms with Crippen LogP contribution in [0.2, 0.25) is 0 Å². The summed E-state index contributed by atoms with van der Waals surface area (Å²) in [6.45, 7) is 7.45. The minimum atomic E-state index is -0.334. The number of halogens is 1. The van der Waals surface area contributed by atoms with Gasteiger partial charge in [-0.15, -0.1) is 0 Å². The van der Waals surface area contributed by atoms with Gasteiger partial charge in [-0.05, 0) is 44.4 Å². The Kier molecular flexibility index (Phi) is 4.20. The molecule has 0 unspecified atom stereocenters. The molecule has 0 atom stereocenters. The largest absolute Gasteiger partial charge is 0.311 e. The Morgan fingerprint density at radius 2 is 2.05 bits per heavy atom. The first-order chi connectivity index (χ1) is 9.09. The van der Waals surface area contributed by atoms with Crippen molar-refractivity contribution in [3.8, 4) is 0 Å². The van der Waals surface area contributed by atoms with Crippen molar-refractivity contribution in [3.05, 3.63) is 29.7 Å². The van der Waals surface area contributed by atoms with E-state index in [9.17, 15) is 4.39 Å². The second-order valence-electron chi connectivity index (χ2n) is 5.29. The number of nitrogens with one attached hydrogen (secondary N) is 2. The molecule has 3 nitrogen and oxygen atoms in total. The van der Waals surface area contributed by atoms with Gasteiger partial charge in [0.05, 0.1) is 10.9 Å². The summed E-state index contributed by atoms with van der Waals surface area (Å²) in [5, 5.41) is 10.5. The van der Waals surface area contributed by atoms with Crippen LogP contribution >= 0.6 is 0 Å². The summed E-state index contributed by atoms with van der Waals surface area (Å²) in [5.41, 5.74) is 1.87. The fourth-order valence-electron chi connectivity index (χ4n) is 2.31. The highest BCUT2D eigenvalue weighted by molar-refractivity contribution is 5.82. The van der Waals surface area contributed by atoms with Crippen molar-refractivity contribution in [2.24, 2.45) is 0 Å². The molecule has 0 aliphatic rings. The standard InChI is InChI=1S/C15H22FN3/c1-4-15(3,5-2)17-10-9-11-7-6-8-12-13(11)14(16)19-18-12/h6-8,17H,4-5,9-10H2,1-3H3,(H,18,19). The average molecular weight is 263 g/mol. The minimum absolute atomic E-state index is 0.169. The van der Waals surface area contributed by atoms with E-state index in [1.54, 1.807) is 0 Å². The third-order valence-electron chi connectivity index (χ3n) is 4.13. The average Bonchev–Trinajstić information content (AvgIpc) is 2.81. The van der Waals surface area contributed by atoms with Gasteiger partial charge in [-0.2, -0.15) is 9.49 Å². The maximum absolute atomic E-state index is 13.7. The smallest absolute Gasteiger partial charge is 0.217 e. The second-order valence-corrected chi connectivity index (χ2v) is 5.29. The summed E-state index contributed by atoms with van der Waals surface area (Å²) in [5.74, 6) is -0.334. The fourth-order valence-corrected chi connectivity index (χ4v) is 2.31. The first-order valence-electron chi connectivity index (χ1n) is 6.96. The molecule has 104 valence electrons. The van der Waals surface area contributed by atoms with E-state index in [2.05, 4.69) is 36.3 Å².